The van der Waals surface area contributed by atoms with Gasteiger partial charge in [0.2, 0.25) is 0 Å². The molecule has 2 N–H and O–H groups in total. The Morgan fingerprint density at radius 2 is 1.81 bits per heavy atom. The van der Waals surface area contributed by atoms with Crippen LogP contribution in [0.25, 0.3) is 10.9 Å². The predicted octanol–water partition coefficient (Wildman–Crippen LogP) is 4.03. The molecule has 1 fully saturated rings. The normalized spacial score (nSPS) is 17.5. The summed E-state index contributed by atoms with van der Waals surface area (Å²) in [7, 11) is 0. The third-order valence-electron chi connectivity index (χ3n) is 5.59. The number of hydrogen-bond acceptors (Lipinski definition) is 4. The molecule has 0 radical (unpaired) electrons. The number of aryl methyl sites for hydroxylation is 1. The summed E-state index contributed by atoms with van der Waals surface area (Å²) in [5, 5.41) is 14.6. The number of nitrogens with one attached hydrogen (secondary N) is 1. The number of pyridine rings is 1. The van der Waals surface area contributed by atoms with E-state index in [9.17, 15) is 5.11 Å². The minimum atomic E-state index is -0.177. The minimum Gasteiger partial charge on any atom is -0.392 e. The Morgan fingerprint density at radius 1 is 1.07 bits per heavy atom. The number of aliphatic hydroxyl groups excluding tert-OH is 1. The Hall–Kier alpha value is -2.43. The van der Waals surface area contributed by atoms with E-state index in [2.05, 4.69) is 66.5 Å². The number of β-amino-alcohol motifs (C(OH)–C–C–N with tert-alkyl or cyclic N) is 1. The zero-order valence-electron chi connectivity index (χ0n) is 16.1. The van der Waals surface area contributed by atoms with Crippen molar-refractivity contribution in [3.05, 3.63) is 70.9 Å². The number of anilines is 1. The minimum absolute atomic E-state index is 0.177. The summed E-state index contributed by atoms with van der Waals surface area (Å²) in [4.78, 5) is 7.05. The lowest BCUT2D eigenvalue weighted by Crippen LogP contribution is -2.22. The van der Waals surface area contributed by atoms with Crippen LogP contribution in [-0.4, -0.2) is 34.2 Å². The van der Waals surface area contributed by atoms with Crippen LogP contribution < -0.4 is 5.32 Å². The number of nitrogens with zero attached hydrogens (tertiary/aromatic N) is 2. The summed E-state index contributed by atoms with van der Waals surface area (Å²) < 4.78 is 0. The van der Waals surface area contributed by atoms with Crippen LogP contribution in [0.2, 0.25) is 0 Å². The zero-order valence-corrected chi connectivity index (χ0v) is 16.1. The standard InChI is InChI=1S/C23H27N3O/c1-16-17(2)25-22-10-6-5-9-21(22)23(16)24-13-18-7-3-4-8-19(18)14-26-12-11-20(27)15-26/h3-10,20,27H,11-15H2,1-2H3,(H,24,25). The molecule has 1 atom stereocenters. The Morgan fingerprint density at radius 3 is 2.59 bits per heavy atom. The Kier molecular flexibility index (Phi) is 5.10. The molecule has 1 saturated heterocycles. The van der Waals surface area contributed by atoms with Crippen LogP contribution >= 0.6 is 0 Å². The van der Waals surface area contributed by atoms with Crippen LogP contribution in [0.15, 0.2) is 48.5 Å². The van der Waals surface area contributed by atoms with Gasteiger partial charge in [0.05, 0.1) is 11.6 Å². The second-order valence-electron chi connectivity index (χ2n) is 7.51. The predicted molar refractivity (Wildman–Crippen MR) is 111 cm³/mol. The van der Waals surface area contributed by atoms with Crippen molar-refractivity contribution < 1.29 is 5.11 Å². The van der Waals surface area contributed by atoms with E-state index in [0.29, 0.717) is 0 Å². The van der Waals surface area contributed by atoms with Crippen molar-refractivity contribution in [1.29, 1.82) is 0 Å². The highest BCUT2D eigenvalue weighted by molar-refractivity contribution is 5.93. The molecule has 1 aliphatic heterocycles. The number of benzene rings is 2. The van der Waals surface area contributed by atoms with Crippen molar-refractivity contribution in [3.63, 3.8) is 0 Å². The van der Waals surface area contributed by atoms with Crippen LogP contribution in [-0.2, 0) is 13.1 Å². The van der Waals surface area contributed by atoms with E-state index in [1.807, 2.05) is 6.07 Å². The molecule has 0 bridgehead atoms. The summed E-state index contributed by atoms with van der Waals surface area (Å²) in [6, 6.07) is 16.9. The summed E-state index contributed by atoms with van der Waals surface area (Å²) in [6.45, 7) is 7.62. The highest BCUT2D eigenvalue weighted by Gasteiger charge is 2.20. The molecule has 1 unspecified atom stereocenters. The van der Waals surface area contributed by atoms with E-state index in [1.165, 1.54) is 27.8 Å². The molecule has 1 aromatic heterocycles. The zero-order chi connectivity index (χ0) is 18.8. The van der Waals surface area contributed by atoms with E-state index < -0.39 is 0 Å². The van der Waals surface area contributed by atoms with Gasteiger partial charge in [0.25, 0.3) is 0 Å². The van der Waals surface area contributed by atoms with Crippen LogP contribution in [0.1, 0.15) is 28.8 Å². The number of hydrogen-bond donors (Lipinski definition) is 2. The van der Waals surface area contributed by atoms with E-state index in [4.69, 9.17) is 4.98 Å². The molecular formula is C23H27N3O. The van der Waals surface area contributed by atoms with Gasteiger partial charge in [-0.25, -0.2) is 0 Å². The quantitative estimate of drug-likeness (QED) is 0.720. The highest BCUT2D eigenvalue weighted by Crippen LogP contribution is 2.28. The summed E-state index contributed by atoms with van der Waals surface area (Å²) in [6.07, 6.45) is 0.700. The van der Waals surface area contributed by atoms with Gasteiger partial charge in [-0.15, -0.1) is 0 Å². The fourth-order valence-electron chi connectivity index (χ4n) is 3.92. The first-order valence-electron chi connectivity index (χ1n) is 9.69. The summed E-state index contributed by atoms with van der Waals surface area (Å²) in [5.74, 6) is 0. The number of rotatable bonds is 5. The molecule has 2 aromatic carbocycles. The molecule has 3 aromatic rings. The van der Waals surface area contributed by atoms with E-state index in [0.717, 1.165) is 43.8 Å². The van der Waals surface area contributed by atoms with Crippen molar-refractivity contribution in [2.75, 3.05) is 18.4 Å². The van der Waals surface area contributed by atoms with Gasteiger partial charge in [-0.3, -0.25) is 9.88 Å². The first kappa shape index (κ1) is 18.0. The third-order valence-corrected chi connectivity index (χ3v) is 5.59. The van der Waals surface area contributed by atoms with Crippen molar-refractivity contribution in [3.8, 4) is 0 Å². The second kappa shape index (κ2) is 7.67. The SMILES string of the molecule is Cc1nc2ccccc2c(NCc2ccccc2CN2CCC(O)C2)c1C. The van der Waals surface area contributed by atoms with Gasteiger partial charge in [-0.05, 0) is 43.0 Å². The summed E-state index contributed by atoms with van der Waals surface area (Å²) in [5.41, 5.74) is 7.10. The van der Waals surface area contributed by atoms with Gasteiger partial charge in [-0.2, -0.15) is 0 Å². The average molecular weight is 361 g/mol. The maximum absolute atomic E-state index is 9.80. The first-order valence-corrected chi connectivity index (χ1v) is 9.69. The molecule has 0 saturated carbocycles. The average Bonchev–Trinajstić information content (AvgIpc) is 3.08. The fourth-order valence-corrected chi connectivity index (χ4v) is 3.92. The van der Waals surface area contributed by atoms with Gasteiger partial charge in [0, 0.05) is 42.9 Å². The second-order valence-corrected chi connectivity index (χ2v) is 7.51. The van der Waals surface area contributed by atoms with Crippen molar-refractivity contribution in [2.45, 2.75) is 39.5 Å². The molecule has 2 heterocycles. The fraction of sp³-hybridized carbons (Fsp3) is 0.348. The topological polar surface area (TPSA) is 48.4 Å². The van der Waals surface area contributed by atoms with Crippen molar-refractivity contribution in [2.24, 2.45) is 0 Å². The van der Waals surface area contributed by atoms with Crippen LogP contribution in [0.4, 0.5) is 5.69 Å². The largest absolute Gasteiger partial charge is 0.392 e. The van der Waals surface area contributed by atoms with Gasteiger partial charge in [0.1, 0.15) is 0 Å². The Bertz CT molecular complexity index is 954. The maximum atomic E-state index is 9.80. The van der Waals surface area contributed by atoms with E-state index in [-0.39, 0.29) is 6.10 Å². The van der Waals surface area contributed by atoms with Crippen LogP contribution in [0.3, 0.4) is 0 Å². The number of likely N-dealkylation sites (tertiary alicyclic amines) is 1. The lowest BCUT2D eigenvalue weighted by molar-refractivity contribution is 0.174. The van der Waals surface area contributed by atoms with E-state index in [1.54, 1.807) is 0 Å². The third kappa shape index (κ3) is 3.82. The molecule has 0 aliphatic carbocycles. The van der Waals surface area contributed by atoms with Crippen LogP contribution in [0.5, 0.6) is 0 Å². The number of para-hydroxylation sites is 1. The van der Waals surface area contributed by atoms with Gasteiger partial charge >= 0.3 is 0 Å². The number of aromatic nitrogens is 1. The maximum Gasteiger partial charge on any atom is 0.0726 e. The smallest absolute Gasteiger partial charge is 0.0726 e. The van der Waals surface area contributed by atoms with E-state index >= 15 is 0 Å². The molecule has 4 rings (SSSR count). The lowest BCUT2D eigenvalue weighted by Gasteiger charge is -2.19. The molecule has 1 aliphatic rings. The molecule has 0 spiro atoms. The van der Waals surface area contributed by atoms with Gasteiger partial charge < -0.3 is 10.4 Å². The van der Waals surface area contributed by atoms with Crippen LogP contribution in [0, 0.1) is 13.8 Å². The Balaban J connectivity index is 1.58. The lowest BCUT2D eigenvalue weighted by atomic mass is 10.0. The van der Waals surface area contributed by atoms with Crippen molar-refractivity contribution in [1.82, 2.24) is 9.88 Å². The Labute approximate surface area is 160 Å². The van der Waals surface area contributed by atoms with Crippen molar-refractivity contribution >= 4 is 16.6 Å². The van der Waals surface area contributed by atoms with Gasteiger partial charge in [-0.1, -0.05) is 42.5 Å². The monoisotopic (exact) mass is 361 g/mol. The number of fused-ring (bicyclic) bond motifs is 1. The molecule has 4 nitrogen and oxygen atoms in total. The number of aliphatic hydroxyl groups is 1. The first-order chi connectivity index (χ1) is 13.1. The molecule has 0 amide bonds. The van der Waals surface area contributed by atoms with Gasteiger partial charge in [0.15, 0.2) is 0 Å². The molecule has 140 valence electrons. The highest BCUT2D eigenvalue weighted by atomic mass is 16.3. The molecule has 4 heteroatoms. The molecule has 27 heavy (non-hydrogen) atoms. The summed E-state index contributed by atoms with van der Waals surface area (Å²) >= 11 is 0. The molecular weight excluding hydrogens is 334 g/mol.